The average molecular weight is 301 g/mol. The van der Waals surface area contributed by atoms with E-state index in [0.717, 1.165) is 11.3 Å². The lowest BCUT2D eigenvalue weighted by Gasteiger charge is -2.39. The van der Waals surface area contributed by atoms with Crippen molar-refractivity contribution >= 4 is 23.2 Å². The maximum atomic E-state index is 12.8. The minimum Gasteiger partial charge on any atom is -0.337 e. The predicted octanol–water partition coefficient (Wildman–Crippen LogP) is 1.52. The summed E-state index contributed by atoms with van der Waals surface area (Å²) in [6.45, 7) is 2.17. The van der Waals surface area contributed by atoms with Gasteiger partial charge in [-0.1, -0.05) is 30.3 Å². The number of aromatic nitrogens is 1. The largest absolute Gasteiger partial charge is 0.337 e. The van der Waals surface area contributed by atoms with E-state index in [1.807, 2.05) is 35.7 Å². The van der Waals surface area contributed by atoms with Crippen LogP contribution in [0.15, 0.2) is 41.2 Å². The Morgan fingerprint density at radius 1 is 1.33 bits per heavy atom. The lowest BCUT2D eigenvalue weighted by atomic mass is 9.88. The van der Waals surface area contributed by atoms with Gasteiger partial charge in [-0.15, -0.1) is 11.3 Å². The van der Waals surface area contributed by atoms with Crippen molar-refractivity contribution in [3.8, 4) is 0 Å². The molecule has 1 aliphatic heterocycles. The average Bonchev–Trinajstić information content (AvgIpc) is 2.98. The minimum atomic E-state index is -1.02. The van der Waals surface area contributed by atoms with Crippen LogP contribution in [0.3, 0.4) is 0 Å². The van der Waals surface area contributed by atoms with Crippen molar-refractivity contribution in [3.05, 3.63) is 52.5 Å². The second-order valence-electron chi connectivity index (χ2n) is 5.18. The van der Waals surface area contributed by atoms with Gasteiger partial charge < -0.3 is 10.2 Å². The Labute approximate surface area is 126 Å². The zero-order valence-electron chi connectivity index (χ0n) is 11.6. The molecule has 5 nitrogen and oxygen atoms in total. The predicted molar refractivity (Wildman–Crippen MR) is 79.5 cm³/mol. The molecule has 1 atom stereocenters. The summed E-state index contributed by atoms with van der Waals surface area (Å²) in [5.74, 6) is -0.266. The molecule has 1 unspecified atom stereocenters. The molecule has 108 valence electrons. The van der Waals surface area contributed by atoms with Gasteiger partial charge in [0, 0.05) is 5.38 Å². The van der Waals surface area contributed by atoms with Crippen LogP contribution in [0, 0.1) is 0 Å². The van der Waals surface area contributed by atoms with Crippen molar-refractivity contribution in [2.24, 2.45) is 0 Å². The van der Waals surface area contributed by atoms with Crippen LogP contribution in [-0.4, -0.2) is 28.2 Å². The summed E-state index contributed by atoms with van der Waals surface area (Å²) in [5.41, 5.74) is 2.29. The topological polar surface area (TPSA) is 62.3 Å². The van der Waals surface area contributed by atoms with Gasteiger partial charge in [0.05, 0.1) is 17.7 Å². The third-order valence-electron chi connectivity index (χ3n) is 3.63. The SMILES string of the molecule is CC1(c2ccccc2)NC(=O)CN(Cc2cscn2)C1=O. The van der Waals surface area contributed by atoms with Crippen molar-refractivity contribution in [1.29, 1.82) is 0 Å². The number of nitrogens with one attached hydrogen (secondary N) is 1. The monoisotopic (exact) mass is 301 g/mol. The Morgan fingerprint density at radius 2 is 2.10 bits per heavy atom. The number of nitrogens with zero attached hydrogens (tertiary/aromatic N) is 2. The van der Waals surface area contributed by atoms with Gasteiger partial charge in [-0.3, -0.25) is 9.59 Å². The van der Waals surface area contributed by atoms with Crippen LogP contribution in [0.1, 0.15) is 18.2 Å². The van der Waals surface area contributed by atoms with Gasteiger partial charge in [-0.2, -0.15) is 0 Å². The number of amides is 2. The van der Waals surface area contributed by atoms with Gasteiger partial charge >= 0.3 is 0 Å². The molecule has 1 saturated heterocycles. The Balaban J connectivity index is 1.91. The quantitative estimate of drug-likeness (QED) is 0.935. The molecule has 3 rings (SSSR count). The standard InChI is InChI=1S/C15H15N3O2S/c1-15(11-5-3-2-4-6-11)14(20)18(8-13(19)17-15)7-12-9-21-10-16-12/h2-6,9-10H,7-8H2,1H3,(H,17,19). The molecule has 1 aromatic carbocycles. The van der Waals surface area contributed by atoms with Gasteiger partial charge in [0.25, 0.3) is 5.91 Å². The maximum Gasteiger partial charge on any atom is 0.253 e. The molecule has 2 amide bonds. The summed E-state index contributed by atoms with van der Waals surface area (Å²) in [4.78, 5) is 30.6. The highest BCUT2D eigenvalue weighted by Crippen LogP contribution is 2.27. The molecule has 0 spiro atoms. The Kier molecular flexibility index (Phi) is 3.47. The highest BCUT2D eigenvalue weighted by atomic mass is 32.1. The molecule has 1 aromatic heterocycles. The van der Waals surface area contributed by atoms with Crippen molar-refractivity contribution in [3.63, 3.8) is 0 Å². The van der Waals surface area contributed by atoms with E-state index in [-0.39, 0.29) is 18.4 Å². The second kappa shape index (κ2) is 5.29. The number of piperazine rings is 1. The van der Waals surface area contributed by atoms with Gasteiger partial charge in [0.15, 0.2) is 0 Å². The van der Waals surface area contributed by atoms with Gasteiger partial charge in [0.1, 0.15) is 12.1 Å². The Morgan fingerprint density at radius 3 is 2.76 bits per heavy atom. The second-order valence-corrected chi connectivity index (χ2v) is 5.90. The molecule has 1 aliphatic rings. The van der Waals surface area contributed by atoms with Crippen LogP contribution < -0.4 is 5.32 Å². The lowest BCUT2D eigenvalue weighted by molar-refractivity contribution is -0.150. The first kappa shape index (κ1) is 13.8. The smallest absolute Gasteiger partial charge is 0.253 e. The molecule has 2 heterocycles. The highest BCUT2D eigenvalue weighted by Gasteiger charge is 2.44. The molecule has 0 saturated carbocycles. The number of hydrogen-bond donors (Lipinski definition) is 1. The molecule has 2 aromatic rings. The normalized spacial score (nSPS) is 22.2. The summed E-state index contributed by atoms with van der Waals surface area (Å²) in [6, 6.07) is 9.31. The number of hydrogen-bond acceptors (Lipinski definition) is 4. The van der Waals surface area contributed by atoms with Crippen molar-refractivity contribution in [2.45, 2.75) is 19.0 Å². The molecule has 6 heteroatoms. The third kappa shape index (κ3) is 2.54. The molecule has 0 radical (unpaired) electrons. The number of rotatable bonds is 3. The van der Waals surface area contributed by atoms with Gasteiger partial charge in [-0.25, -0.2) is 4.98 Å². The van der Waals surface area contributed by atoms with Crippen LogP contribution >= 0.6 is 11.3 Å². The third-order valence-corrected chi connectivity index (χ3v) is 4.26. The first-order chi connectivity index (χ1) is 10.1. The maximum absolute atomic E-state index is 12.8. The van der Waals surface area contributed by atoms with Crippen molar-refractivity contribution < 1.29 is 9.59 Å². The van der Waals surface area contributed by atoms with Crippen LogP contribution in [0.4, 0.5) is 0 Å². The first-order valence-corrected chi connectivity index (χ1v) is 7.57. The van der Waals surface area contributed by atoms with E-state index in [0.29, 0.717) is 6.54 Å². The number of carbonyl (C=O) groups is 2. The van der Waals surface area contributed by atoms with Gasteiger partial charge in [0.2, 0.25) is 5.91 Å². The molecule has 21 heavy (non-hydrogen) atoms. The summed E-state index contributed by atoms with van der Waals surface area (Å²) >= 11 is 1.48. The minimum absolute atomic E-state index is 0.0682. The summed E-state index contributed by atoms with van der Waals surface area (Å²) < 4.78 is 0. The Hall–Kier alpha value is -2.21. The van der Waals surface area contributed by atoms with Crippen LogP contribution in [0.5, 0.6) is 0 Å². The molecule has 1 fully saturated rings. The van der Waals surface area contributed by atoms with E-state index in [1.165, 1.54) is 11.3 Å². The van der Waals surface area contributed by atoms with Gasteiger partial charge in [-0.05, 0) is 12.5 Å². The first-order valence-electron chi connectivity index (χ1n) is 6.62. The summed E-state index contributed by atoms with van der Waals surface area (Å²) in [7, 11) is 0. The number of carbonyl (C=O) groups excluding carboxylic acids is 2. The fourth-order valence-electron chi connectivity index (χ4n) is 2.54. The molecular weight excluding hydrogens is 286 g/mol. The molecule has 1 N–H and O–H groups in total. The van der Waals surface area contributed by atoms with Crippen molar-refractivity contribution in [1.82, 2.24) is 15.2 Å². The number of thiazole rings is 1. The van der Waals surface area contributed by atoms with Crippen LogP contribution in [0.25, 0.3) is 0 Å². The molecule has 0 bridgehead atoms. The van der Waals surface area contributed by atoms with E-state index < -0.39 is 5.54 Å². The summed E-state index contributed by atoms with van der Waals surface area (Å²) in [5, 5.41) is 4.71. The molecule has 0 aliphatic carbocycles. The van der Waals surface area contributed by atoms with Crippen molar-refractivity contribution in [2.75, 3.05) is 6.54 Å². The highest BCUT2D eigenvalue weighted by molar-refractivity contribution is 7.07. The lowest BCUT2D eigenvalue weighted by Crippen LogP contribution is -2.62. The van der Waals surface area contributed by atoms with E-state index in [4.69, 9.17) is 0 Å². The zero-order valence-corrected chi connectivity index (χ0v) is 12.4. The summed E-state index contributed by atoms with van der Waals surface area (Å²) in [6.07, 6.45) is 0. The molecular formula is C15H15N3O2S. The zero-order chi connectivity index (χ0) is 14.9. The van der Waals surface area contributed by atoms with E-state index in [1.54, 1.807) is 17.3 Å². The van der Waals surface area contributed by atoms with E-state index in [2.05, 4.69) is 10.3 Å². The Bertz CT molecular complexity index is 657. The van der Waals surface area contributed by atoms with Crippen LogP contribution in [0.2, 0.25) is 0 Å². The van der Waals surface area contributed by atoms with E-state index in [9.17, 15) is 9.59 Å². The number of benzene rings is 1. The fourth-order valence-corrected chi connectivity index (χ4v) is 3.09. The fraction of sp³-hybridized carbons (Fsp3) is 0.267. The van der Waals surface area contributed by atoms with E-state index >= 15 is 0 Å². The van der Waals surface area contributed by atoms with Crippen LogP contribution in [-0.2, 0) is 21.7 Å².